The van der Waals surface area contributed by atoms with Crippen molar-refractivity contribution in [2.75, 3.05) is 5.01 Å². The molecule has 2 saturated heterocycles. The molecule has 0 radical (unpaired) electrons. The van der Waals surface area contributed by atoms with Gasteiger partial charge in [-0.1, -0.05) is 31.0 Å². The molecule has 1 aromatic carbocycles. The van der Waals surface area contributed by atoms with Crippen molar-refractivity contribution in [1.82, 2.24) is 10.7 Å². The largest absolute Gasteiger partial charge is 0.405 e. The van der Waals surface area contributed by atoms with Gasteiger partial charge in [-0.2, -0.15) is 13.2 Å². The number of carbonyl (C=O) groups excluding carboxylic acids is 1. The number of carbonyl (C=O) groups is 1. The molecule has 2 aliphatic heterocycles. The summed E-state index contributed by atoms with van der Waals surface area (Å²) in [6.45, 7) is 0. The van der Waals surface area contributed by atoms with Gasteiger partial charge < -0.3 is 15.1 Å². The lowest BCUT2D eigenvalue weighted by Gasteiger charge is -2.30. The van der Waals surface area contributed by atoms with Gasteiger partial charge in [-0.3, -0.25) is 0 Å². The molecule has 0 spiro atoms. The molecule has 4 unspecified atom stereocenters. The molecule has 7 heteroatoms. The maximum atomic E-state index is 13.2. The molecule has 4 atom stereocenters. The standard InChI is InChI=1S/C18H24F3N3O/c19-18(20,21)17-11-16(24(23-17)15-8-2-1-3-9-15)10-13-6-4-5-7-14(12-25)22-13/h1-3,8-9,12-14,16-17,22-23H,4-7,10-11H2. The van der Waals surface area contributed by atoms with Crippen LogP contribution in [0.3, 0.4) is 0 Å². The number of hydrazine groups is 1. The normalized spacial score (nSPS) is 30.9. The predicted molar refractivity (Wildman–Crippen MR) is 90.2 cm³/mol. The van der Waals surface area contributed by atoms with Crippen molar-refractivity contribution >= 4 is 12.0 Å². The maximum absolute atomic E-state index is 13.2. The number of nitrogens with one attached hydrogen (secondary N) is 2. The zero-order chi connectivity index (χ0) is 17.9. The fourth-order valence-corrected chi connectivity index (χ4v) is 3.83. The zero-order valence-electron chi connectivity index (χ0n) is 14.0. The topological polar surface area (TPSA) is 44.4 Å². The van der Waals surface area contributed by atoms with Crippen LogP contribution in [0, 0.1) is 0 Å². The highest BCUT2D eigenvalue weighted by molar-refractivity contribution is 5.57. The van der Waals surface area contributed by atoms with E-state index in [4.69, 9.17) is 0 Å². The molecule has 2 N–H and O–H groups in total. The average molecular weight is 355 g/mol. The molecule has 0 aromatic heterocycles. The number of para-hydroxylation sites is 1. The second-order valence-corrected chi connectivity index (χ2v) is 6.94. The molecule has 0 amide bonds. The van der Waals surface area contributed by atoms with Crippen molar-refractivity contribution in [3.63, 3.8) is 0 Å². The average Bonchev–Trinajstić information content (AvgIpc) is 2.88. The maximum Gasteiger partial charge on any atom is 0.405 e. The van der Waals surface area contributed by atoms with Crippen molar-refractivity contribution in [2.45, 2.75) is 68.9 Å². The smallest absolute Gasteiger partial charge is 0.305 e. The SMILES string of the molecule is O=CC1CCCCC(CC2CC(C(F)(F)F)NN2c2ccccc2)N1. The summed E-state index contributed by atoms with van der Waals surface area (Å²) < 4.78 is 39.7. The van der Waals surface area contributed by atoms with E-state index in [0.29, 0.717) is 6.42 Å². The Morgan fingerprint density at radius 1 is 1.16 bits per heavy atom. The van der Waals surface area contributed by atoms with Crippen LogP contribution in [0.1, 0.15) is 38.5 Å². The van der Waals surface area contributed by atoms with Crippen molar-refractivity contribution in [1.29, 1.82) is 0 Å². The Hall–Kier alpha value is -1.60. The number of hydrogen-bond donors (Lipinski definition) is 2. The van der Waals surface area contributed by atoms with Gasteiger partial charge in [0, 0.05) is 12.1 Å². The number of benzene rings is 1. The summed E-state index contributed by atoms with van der Waals surface area (Å²) in [5.74, 6) is 0. The highest BCUT2D eigenvalue weighted by Gasteiger charge is 2.48. The molecule has 4 nitrogen and oxygen atoms in total. The Morgan fingerprint density at radius 2 is 1.88 bits per heavy atom. The Bertz CT molecular complexity index is 566. The van der Waals surface area contributed by atoms with Crippen LogP contribution in [0.15, 0.2) is 30.3 Å². The van der Waals surface area contributed by atoms with Crippen molar-refractivity contribution in [2.24, 2.45) is 0 Å². The molecule has 2 fully saturated rings. The van der Waals surface area contributed by atoms with Crippen LogP contribution in [0.5, 0.6) is 0 Å². The number of halogens is 3. The highest BCUT2D eigenvalue weighted by Crippen LogP contribution is 2.34. The monoisotopic (exact) mass is 355 g/mol. The third kappa shape index (κ3) is 4.52. The summed E-state index contributed by atoms with van der Waals surface area (Å²) in [4.78, 5) is 11.1. The first-order valence-corrected chi connectivity index (χ1v) is 8.86. The van der Waals surface area contributed by atoms with Crippen LogP contribution >= 0.6 is 0 Å². The molecule has 2 aliphatic rings. The minimum absolute atomic E-state index is 0.0162. The van der Waals surface area contributed by atoms with Crippen molar-refractivity contribution < 1.29 is 18.0 Å². The van der Waals surface area contributed by atoms with Gasteiger partial charge in [-0.15, -0.1) is 0 Å². The second kappa shape index (κ2) is 7.74. The van der Waals surface area contributed by atoms with Crippen molar-refractivity contribution in [3.8, 4) is 0 Å². The summed E-state index contributed by atoms with van der Waals surface area (Å²) >= 11 is 0. The van der Waals surface area contributed by atoms with Crippen LogP contribution < -0.4 is 15.8 Å². The van der Waals surface area contributed by atoms with Crippen LogP contribution in [0.25, 0.3) is 0 Å². The lowest BCUT2D eigenvalue weighted by atomic mass is 9.98. The van der Waals surface area contributed by atoms with Gasteiger partial charge in [0.2, 0.25) is 0 Å². The number of hydrogen-bond acceptors (Lipinski definition) is 4. The molecule has 2 heterocycles. The van der Waals surface area contributed by atoms with E-state index < -0.39 is 12.2 Å². The third-order valence-electron chi connectivity index (χ3n) is 5.09. The Balaban J connectivity index is 1.75. The first kappa shape index (κ1) is 18.2. The van der Waals surface area contributed by atoms with Gasteiger partial charge in [-0.25, -0.2) is 5.43 Å². The molecule has 1 aromatic rings. The van der Waals surface area contributed by atoms with Crippen molar-refractivity contribution in [3.05, 3.63) is 30.3 Å². The molecule has 0 aliphatic carbocycles. The molecular formula is C18H24F3N3O. The van der Waals surface area contributed by atoms with E-state index in [0.717, 1.165) is 37.7 Å². The summed E-state index contributed by atoms with van der Waals surface area (Å²) in [5, 5.41) is 4.97. The Morgan fingerprint density at radius 3 is 2.56 bits per heavy atom. The van der Waals surface area contributed by atoms with Gasteiger partial charge in [-0.05, 0) is 37.8 Å². The molecule has 25 heavy (non-hydrogen) atoms. The quantitative estimate of drug-likeness (QED) is 0.815. The van der Waals surface area contributed by atoms with Crippen LogP contribution in [0.2, 0.25) is 0 Å². The van der Waals surface area contributed by atoms with Gasteiger partial charge in [0.1, 0.15) is 12.3 Å². The second-order valence-electron chi connectivity index (χ2n) is 6.94. The number of anilines is 1. The van der Waals surface area contributed by atoms with E-state index in [2.05, 4.69) is 10.7 Å². The van der Waals surface area contributed by atoms with Gasteiger partial charge in [0.25, 0.3) is 0 Å². The van der Waals surface area contributed by atoms with Gasteiger partial charge in [0.15, 0.2) is 0 Å². The van der Waals surface area contributed by atoms with Crippen LogP contribution in [-0.4, -0.2) is 36.6 Å². The van der Waals surface area contributed by atoms with E-state index in [1.54, 1.807) is 5.01 Å². The lowest BCUT2D eigenvalue weighted by molar-refractivity contribution is -0.152. The first-order chi connectivity index (χ1) is 12.0. The van der Waals surface area contributed by atoms with E-state index in [-0.39, 0.29) is 24.5 Å². The molecule has 138 valence electrons. The van der Waals surface area contributed by atoms with E-state index in [1.807, 2.05) is 30.3 Å². The summed E-state index contributed by atoms with van der Waals surface area (Å²) in [7, 11) is 0. The molecule has 0 saturated carbocycles. The van der Waals surface area contributed by atoms with Crippen LogP contribution in [0.4, 0.5) is 18.9 Å². The van der Waals surface area contributed by atoms with Crippen LogP contribution in [-0.2, 0) is 4.79 Å². The molecular weight excluding hydrogens is 331 g/mol. The third-order valence-corrected chi connectivity index (χ3v) is 5.09. The number of aldehydes is 1. The summed E-state index contributed by atoms with van der Waals surface area (Å²) in [6.07, 6.45) is 0.903. The van der Waals surface area contributed by atoms with E-state index >= 15 is 0 Å². The predicted octanol–water partition coefficient (Wildman–Crippen LogP) is 3.19. The Labute approximate surface area is 145 Å². The van der Waals surface area contributed by atoms with Gasteiger partial charge >= 0.3 is 6.18 Å². The minimum Gasteiger partial charge on any atom is -0.305 e. The first-order valence-electron chi connectivity index (χ1n) is 8.86. The highest BCUT2D eigenvalue weighted by atomic mass is 19.4. The molecule has 3 rings (SSSR count). The zero-order valence-corrected chi connectivity index (χ0v) is 14.0. The summed E-state index contributed by atoms with van der Waals surface area (Å²) in [6, 6.07) is 7.18. The Kier molecular flexibility index (Phi) is 5.64. The fourth-order valence-electron chi connectivity index (χ4n) is 3.83. The van der Waals surface area contributed by atoms with E-state index in [1.165, 1.54) is 0 Å². The number of nitrogens with zero attached hydrogens (tertiary/aromatic N) is 1. The minimum atomic E-state index is -4.27. The number of rotatable bonds is 4. The lowest BCUT2D eigenvalue weighted by Crippen LogP contribution is -2.46. The number of alkyl halides is 3. The molecule has 0 bridgehead atoms. The van der Waals surface area contributed by atoms with E-state index in [9.17, 15) is 18.0 Å². The fraction of sp³-hybridized carbons (Fsp3) is 0.611. The summed E-state index contributed by atoms with van der Waals surface area (Å²) in [5.41, 5.74) is 3.37. The van der Waals surface area contributed by atoms with Gasteiger partial charge in [0.05, 0.1) is 11.7 Å².